The number of benzene rings is 1. The number of aliphatic hydroxyl groups excluding tert-OH is 1. The van der Waals surface area contributed by atoms with Crippen molar-refractivity contribution in [2.75, 3.05) is 38.2 Å². The number of aryl methyl sites for hydroxylation is 1. The Kier molecular flexibility index (Phi) is 5.11. The number of carbonyl (C=O) groups excluding carboxylic acids is 1. The Morgan fingerprint density at radius 3 is 3.05 bits per heavy atom. The number of morpholine rings is 1. The molecule has 1 heterocycles. The third-order valence-electron chi connectivity index (χ3n) is 3.67. The first-order valence-corrected chi connectivity index (χ1v) is 6.91. The quantitative estimate of drug-likeness (QED) is 0.860. The molecule has 110 valence electrons. The van der Waals surface area contributed by atoms with E-state index in [1.165, 1.54) is 0 Å². The van der Waals surface area contributed by atoms with Gasteiger partial charge in [-0.05, 0) is 31.0 Å². The molecule has 1 unspecified atom stereocenters. The molecule has 0 bridgehead atoms. The summed E-state index contributed by atoms with van der Waals surface area (Å²) in [6.45, 7) is 6.22. The molecule has 1 aliphatic heterocycles. The summed E-state index contributed by atoms with van der Waals surface area (Å²) in [5.74, 6) is -0.0303. The highest BCUT2D eigenvalue weighted by molar-refractivity contribution is 5.93. The highest BCUT2D eigenvalue weighted by atomic mass is 16.5. The third kappa shape index (κ3) is 3.79. The van der Waals surface area contributed by atoms with Crippen molar-refractivity contribution >= 4 is 11.6 Å². The molecule has 0 aromatic heterocycles. The lowest BCUT2D eigenvalue weighted by atomic mass is 10.1. The predicted octanol–water partition coefficient (Wildman–Crippen LogP) is 0.935. The second kappa shape index (κ2) is 6.83. The summed E-state index contributed by atoms with van der Waals surface area (Å²) in [7, 11) is 0. The first-order valence-electron chi connectivity index (χ1n) is 6.91. The molecule has 1 atom stereocenters. The van der Waals surface area contributed by atoms with E-state index < -0.39 is 0 Å². The van der Waals surface area contributed by atoms with Crippen molar-refractivity contribution in [3.63, 3.8) is 0 Å². The van der Waals surface area contributed by atoms with E-state index in [4.69, 9.17) is 9.84 Å². The van der Waals surface area contributed by atoms with Crippen molar-refractivity contribution in [1.82, 2.24) is 4.90 Å². The normalized spacial score (nSPS) is 19.9. The Morgan fingerprint density at radius 1 is 1.50 bits per heavy atom. The number of amides is 1. The van der Waals surface area contributed by atoms with E-state index >= 15 is 0 Å². The van der Waals surface area contributed by atoms with Crippen molar-refractivity contribution in [3.05, 3.63) is 29.3 Å². The Hall–Kier alpha value is -1.43. The summed E-state index contributed by atoms with van der Waals surface area (Å²) in [5, 5.41) is 12.0. The molecule has 5 heteroatoms. The van der Waals surface area contributed by atoms with Crippen LogP contribution in [-0.4, -0.2) is 54.9 Å². The van der Waals surface area contributed by atoms with Crippen LogP contribution in [0.4, 0.5) is 5.69 Å². The van der Waals surface area contributed by atoms with Gasteiger partial charge in [-0.3, -0.25) is 9.69 Å². The van der Waals surface area contributed by atoms with Gasteiger partial charge >= 0.3 is 0 Å². The standard InChI is InChI=1S/C15H22N2O3/c1-11-4-3-5-14(12(11)2)16-15(19)9-17-6-7-20-13(8-17)10-18/h3-5,13,18H,6-10H2,1-2H3,(H,16,19). The summed E-state index contributed by atoms with van der Waals surface area (Å²) < 4.78 is 5.37. The van der Waals surface area contributed by atoms with E-state index in [1.54, 1.807) is 0 Å². The van der Waals surface area contributed by atoms with Gasteiger partial charge in [-0.1, -0.05) is 12.1 Å². The Morgan fingerprint density at radius 2 is 2.30 bits per heavy atom. The zero-order chi connectivity index (χ0) is 14.5. The van der Waals surface area contributed by atoms with E-state index in [1.807, 2.05) is 36.9 Å². The maximum absolute atomic E-state index is 12.1. The van der Waals surface area contributed by atoms with Gasteiger partial charge in [0, 0.05) is 18.8 Å². The van der Waals surface area contributed by atoms with Gasteiger partial charge in [-0.2, -0.15) is 0 Å². The van der Waals surface area contributed by atoms with Gasteiger partial charge < -0.3 is 15.2 Å². The first kappa shape index (κ1) is 15.0. The van der Waals surface area contributed by atoms with Crippen LogP contribution in [0, 0.1) is 13.8 Å². The zero-order valence-corrected chi connectivity index (χ0v) is 12.1. The maximum atomic E-state index is 12.1. The lowest BCUT2D eigenvalue weighted by molar-refractivity contribution is -0.120. The fourth-order valence-corrected chi connectivity index (χ4v) is 2.31. The van der Waals surface area contributed by atoms with Gasteiger partial charge in [0.25, 0.3) is 0 Å². The molecule has 5 nitrogen and oxygen atoms in total. The minimum Gasteiger partial charge on any atom is -0.394 e. The SMILES string of the molecule is Cc1cccc(NC(=O)CN2CCOC(CO)C2)c1C. The summed E-state index contributed by atoms with van der Waals surface area (Å²) in [6, 6.07) is 5.88. The van der Waals surface area contributed by atoms with E-state index in [0.717, 1.165) is 23.4 Å². The molecule has 20 heavy (non-hydrogen) atoms. The minimum atomic E-state index is -0.183. The highest BCUT2D eigenvalue weighted by Crippen LogP contribution is 2.18. The Bertz CT molecular complexity index is 476. The monoisotopic (exact) mass is 278 g/mol. The van der Waals surface area contributed by atoms with Crippen LogP contribution in [0.15, 0.2) is 18.2 Å². The number of anilines is 1. The van der Waals surface area contributed by atoms with Crippen molar-refractivity contribution < 1.29 is 14.6 Å². The third-order valence-corrected chi connectivity index (χ3v) is 3.67. The molecule has 0 radical (unpaired) electrons. The van der Waals surface area contributed by atoms with E-state index in [9.17, 15) is 4.79 Å². The molecule has 1 saturated heterocycles. The smallest absolute Gasteiger partial charge is 0.238 e. The largest absolute Gasteiger partial charge is 0.394 e. The van der Waals surface area contributed by atoms with Gasteiger partial charge in [-0.15, -0.1) is 0 Å². The molecule has 1 aromatic carbocycles. The molecule has 1 amide bonds. The molecule has 1 fully saturated rings. The number of aliphatic hydroxyl groups is 1. The second-order valence-corrected chi connectivity index (χ2v) is 5.21. The molecule has 2 rings (SSSR count). The van der Waals surface area contributed by atoms with Crippen LogP contribution in [0.5, 0.6) is 0 Å². The summed E-state index contributed by atoms with van der Waals surface area (Å²) >= 11 is 0. The van der Waals surface area contributed by atoms with E-state index in [-0.39, 0.29) is 18.6 Å². The number of rotatable bonds is 4. The fraction of sp³-hybridized carbons (Fsp3) is 0.533. The average molecular weight is 278 g/mol. The number of nitrogens with zero attached hydrogens (tertiary/aromatic N) is 1. The van der Waals surface area contributed by atoms with Gasteiger partial charge in [0.2, 0.25) is 5.91 Å². The molecular formula is C15H22N2O3. The lowest BCUT2D eigenvalue weighted by Gasteiger charge is -2.31. The van der Waals surface area contributed by atoms with Crippen LogP contribution in [0.3, 0.4) is 0 Å². The van der Waals surface area contributed by atoms with Crippen LogP contribution in [-0.2, 0) is 9.53 Å². The van der Waals surface area contributed by atoms with E-state index in [0.29, 0.717) is 19.7 Å². The van der Waals surface area contributed by atoms with Gasteiger partial charge in [0.05, 0.1) is 25.9 Å². The number of ether oxygens (including phenoxy) is 1. The molecule has 1 aliphatic rings. The maximum Gasteiger partial charge on any atom is 0.238 e. The molecule has 1 aromatic rings. The molecule has 0 aliphatic carbocycles. The Balaban J connectivity index is 1.90. The summed E-state index contributed by atoms with van der Waals surface area (Å²) in [6.07, 6.45) is -0.183. The summed E-state index contributed by atoms with van der Waals surface area (Å²) in [4.78, 5) is 14.1. The zero-order valence-electron chi connectivity index (χ0n) is 12.1. The average Bonchev–Trinajstić information content (AvgIpc) is 2.44. The fourth-order valence-electron chi connectivity index (χ4n) is 2.31. The number of hydrogen-bond donors (Lipinski definition) is 2. The molecule has 2 N–H and O–H groups in total. The van der Waals surface area contributed by atoms with Crippen LogP contribution in [0.2, 0.25) is 0 Å². The second-order valence-electron chi connectivity index (χ2n) is 5.21. The van der Waals surface area contributed by atoms with Gasteiger partial charge in [-0.25, -0.2) is 0 Å². The van der Waals surface area contributed by atoms with Gasteiger partial charge in [0.15, 0.2) is 0 Å². The first-order chi connectivity index (χ1) is 9.60. The van der Waals surface area contributed by atoms with Crippen LogP contribution in [0.1, 0.15) is 11.1 Å². The van der Waals surface area contributed by atoms with Crippen molar-refractivity contribution in [3.8, 4) is 0 Å². The topological polar surface area (TPSA) is 61.8 Å². The summed E-state index contributed by atoms with van der Waals surface area (Å²) in [5.41, 5.74) is 3.12. The van der Waals surface area contributed by atoms with E-state index in [2.05, 4.69) is 5.32 Å². The van der Waals surface area contributed by atoms with Crippen molar-refractivity contribution in [1.29, 1.82) is 0 Å². The van der Waals surface area contributed by atoms with Crippen molar-refractivity contribution in [2.45, 2.75) is 20.0 Å². The molecule has 0 spiro atoms. The molecular weight excluding hydrogens is 256 g/mol. The van der Waals surface area contributed by atoms with Crippen LogP contribution >= 0.6 is 0 Å². The number of carbonyl (C=O) groups is 1. The number of hydrogen-bond acceptors (Lipinski definition) is 4. The van der Waals surface area contributed by atoms with Crippen LogP contribution in [0.25, 0.3) is 0 Å². The van der Waals surface area contributed by atoms with Crippen LogP contribution < -0.4 is 5.32 Å². The highest BCUT2D eigenvalue weighted by Gasteiger charge is 2.21. The lowest BCUT2D eigenvalue weighted by Crippen LogP contribution is -2.46. The van der Waals surface area contributed by atoms with Gasteiger partial charge in [0.1, 0.15) is 0 Å². The predicted molar refractivity (Wildman–Crippen MR) is 77.8 cm³/mol. The molecule has 0 saturated carbocycles. The minimum absolute atomic E-state index is 0.00485. The van der Waals surface area contributed by atoms with Crippen molar-refractivity contribution in [2.24, 2.45) is 0 Å². The Labute approximate surface area is 119 Å². The number of nitrogens with one attached hydrogen (secondary N) is 1.